The van der Waals surface area contributed by atoms with Crippen molar-refractivity contribution in [2.75, 3.05) is 18.2 Å². The normalized spacial score (nSPS) is 12.2. The topological polar surface area (TPSA) is 73.3 Å². The van der Waals surface area contributed by atoms with Gasteiger partial charge in [0.1, 0.15) is 11.5 Å². The lowest BCUT2D eigenvalue weighted by Gasteiger charge is -2.16. The van der Waals surface area contributed by atoms with Crippen molar-refractivity contribution in [1.82, 2.24) is 5.16 Å². The van der Waals surface area contributed by atoms with Crippen LogP contribution in [0.3, 0.4) is 0 Å². The highest BCUT2D eigenvalue weighted by atomic mass is 16.5. The summed E-state index contributed by atoms with van der Waals surface area (Å²) in [6.07, 6.45) is 0. The Morgan fingerprint density at radius 3 is 2.68 bits per heavy atom. The lowest BCUT2D eigenvalue weighted by Crippen LogP contribution is -2.08. The van der Waals surface area contributed by atoms with Crippen LogP contribution in [0.1, 0.15) is 30.0 Å². The van der Waals surface area contributed by atoms with Crippen LogP contribution in [0.5, 0.6) is 5.75 Å². The van der Waals surface area contributed by atoms with Crippen molar-refractivity contribution in [3.8, 4) is 5.75 Å². The van der Waals surface area contributed by atoms with Gasteiger partial charge >= 0.3 is 0 Å². The predicted molar refractivity (Wildman–Crippen MR) is 75.4 cm³/mol. The number of ether oxygens (including phenoxy) is 1. The second-order valence-corrected chi connectivity index (χ2v) is 4.56. The van der Waals surface area contributed by atoms with Crippen molar-refractivity contribution < 1.29 is 9.26 Å². The van der Waals surface area contributed by atoms with Crippen LogP contribution in [0.4, 0.5) is 11.4 Å². The van der Waals surface area contributed by atoms with Gasteiger partial charge in [0, 0.05) is 17.3 Å². The Morgan fingerprint density at radius 2 is 2.11 bits per heavy atom. The molecule has 1 aromatic carbocycles. The minimum atomic E-state index is 0.0968. The molecule has 0 amide bonds. The highest BCUT2D eigenvalue weighted by Crippen LogP contribution is 2.29. The largest absolute Gasteiger partial charge is 0.495 e. The van der Waals surface area contributed by atoms with E-state index >= 15 is 0 Å². The fourth-order valence-corrected chi connectivity index (χ4v) is 2.23. The molecule has 3 N–H and O–H groups in total. The van der Waals surface area contributed by atoms with Gasteiger partial charge in [-0.25, -0.2) is 0 Å². The zero-order valence-electron chi connectivity index (χ0n) is 11.7. The van der Waals surface area contributed by atoms with Crippen molar-refractivity contribution in [2.45, 2.75) is 26.8 Å². The predicted octanol–water partition coefficient (Wildman–Crippen LogP) is 3.06. The molecule has 0 radical (unpaired) electrons. The first-order valence-corrected chi connectivity index (χ1v) is 6.15. The molecule has 19 heavy (non-hydrogen) atoms. The van der Waals surface area contributed by atoms with Crippen molar-refractivity contribution in [2.24, 2.45) is 0 Å². The summed E-state index contributed by atoms with van der Waals surface area (Å²) in [5.74, 6) is 1.50. The molecule has 0 aliphatic rings. The third kappa shape index (κ3) is 2.65. The van der Waals surface area contributed by atoms with E-state index in [0.717, 1.165) is 22.7 Å². The molecular weight excluding hydrogens is 242 g/mol. The Hall–Kier alpha value is -2.17. The molecule has 2 aromatic rings. The summed E-state index contributed by atoms with van der Waals surface area (Å²) < 4.78 is 10.4. The number of aryl methyl sites for hydroxylation is 2. The van der Waals surface area contributed by atoms with Gasteiger partial charge in [-0.2, -0.15) is 0 Å². The number of hydrogen-bond acceptors (Lipinski definition) is 5. The zero-order chi connectivity index (χ0) is 14.0. The molecule has 5 nitrogen and oxygen atoms in total. The molecule has 2 rings (SSSR count). The summed E-state index contributed by atoms with van der Waals surface area (Å²) in [7, 11) is 1.60. The summed E-state index contributed by atoms with van der Waals surface area (Å²) in [6.45, 7) is 5.92. The van der Waals surface area contributed by atoms with E-state index in [4.69, 9.17) is 15.0 Å². The minimum Gasteiger partial charge on any atom is -0.495 e. The van der Waals surface area contributed by atoms with E-state index in [-0.39, 0.29) is 6.04 Å². The summed E-state index contributed by atoms with van der Waals surface area (Å²) in [5.41, 5.74) is 9.34. The summed E-state index contributed by atoms with van der Waals surface area (Å²) in [6, 6.07) is 5.72. The van der Waals surface area contributed by atoms with Crippen LogP contribution in [0.15, 0.2) is 22.7 Å². The van der Waals surface area contributed by atoms with E-state index in [2.05, 4.69) is 17.4 Å². The maximum atomic E-state index is 5.80. The van der Waals surface area contributed by atoms with Crippen LogP contribution in [0, 0.1) is 13.8 Å². The molecule has 0 aliphatic carbocycles. The smallest absolute Gasteiger partial charge is 0.143 e. The molecule has 1 aromatic heterocycles. The third-order valence-corrected chi connectivity index (χ3v) is 3.14. The second-order valence-electron chi connectivity index (χ2n) is 4.56. The van der Waals surface area contributed by atoms with Gasteiger partial charge in [-0.1, -0.05) is 5.16 Å². The van der Waals surface area contributed by atoms with Gasteiger partial charge in [-0.3, -0.25) is 0 Å². The van der Waals surface area contributed by atoms with Crippen molar-refractivity contribution in [3.63, 3.8) is 0 Å². The van der Waals surface area contributed by atoms with Crippen molar-refractivity contribution >= 4 is 11.4 Å². The second kappa shape index (κ2) is 5.22. The van der Waals surface area contributed by atoms with E-state index in [0.29, 0.717) is 11.4 Å². The summed E-state index contributed by atoms with van der Waals surface area (Å²) >= 11 is 0. The number of benzene rings is 1. The van der Waals surface area contributed by atoms with Gasteiger partial charge in [-0.15, -0.1) is 0 Å². The highest BCUT2D eigenvalue weighted by molar-refractivity contribution is 5.61. The molecule has 0 fully saturated rings. The molecule has 0 spiro atoms. The number of nitrogens with one attached hydrogen (secondary N) is 1. The fourth-order valence-electron chi connectivity index (χ4n) is 2.23. The first-order valence-electron chi connectivity index (χ1n) is 6.15. The lowest BCUT2D eigenvalue weighted by molar-refractivity contribution is 0.392. The van der Waals surface area contributed by atoms with Gasteiger partial charge < -0.3 is 20.3 Å². The zero-order valence-corrected chi connectivity index (χ0v) is 11.7. The monoisotopic (exact) mass is 261 g/mol. The summed E-state index contributed by atoms with van der Waals surface area (Å²) in [5, 5.41) is 7.36. The van der Waals surface area contributed by atoms with Crippen molar-refractivity contribution in [3.05, 3.63) is 35.2 Å². The van der Waals surface area contributed by atoms with Gasteiger partial charge in [-0.05, 0) is 32.9 Å². The maximum absolute atomic E-state index is 5.80. The average Bonchev–Trinajstić information content (AvgIpc) is 2.71. The first-order chi connectivity index (χ1) is 9.02. The van der Waals surface area contributed by atoms with Gasteiger partial charge in [0.2, 0.25) is 0 Å². The third-order valence-electron chi connectivity index (χ3n) is 3.14. The van der Waals surface area contributed by atoms with Gasteiger partial charge in [0.25, 0.3) is 0 Å². The van der Waals surface area contributed by atoms with Crippen LogP contribution in [0.2, 0.25) is 0 Å². The van der Waals surface area contributed by atoms with E-state index < -0.39 is 0 Å². The standard InChI is InChI=1S/C14H19N3O2/c1-8(14-9(2)17-19-10(14)3)16-11-5-6-12(15)13(7-11)18-4/h5-8,16H,15H2,1-4H3. The number of nitrogen functional groups attached to an aromatic ring is 1. The number of aromatic nitrogens is 1. The lowest BCUT2D eigenvalue weighted by atomic mass is 10.1. The Balaban J connectivity index is 2.22. The molecular formula is C14H19N3O2. The minimum absolute atomic E-state index is 0.0968. The molecule has 0 saturated heterocycles. The summed E-state index contributed by atoms with van der Waals surface area (Å²) in [4.78, 5) is 0. The Kier molecular flexibility index (Phi) is 3.64. The molecule has 1 heterocycles. The number of rotatable bonds is 4. The highest BCUT2D eigenvalue weighted by Gasteiger charge is 2.16. The molecule has 102 valence electrons. The van der Waals surface area contributed by atoms with Gasteiger partial charge in [0.15, 0.2) is 0 Å². The van der Waals surface area contributed by atoms with Crippen LogP contribution < -0.4 is 15.8 Å². The SMILES string of the molecule is COc1cc(NC(C)c2c(C)noc2C)ccc1N. The van der Waals surface area contributed by atoms with Gasteiger partial charge in [0.05, 0.1) is 24.5 Å². The van der Waals surface area contributed by atoms with Crippen molar-refractivity contribution in [1.29, 1.82) is 0 Å². The Morgan fingerprint density at radius 1 is 1.37 bits per heavy atom. The number of anilines is 2. The quantitative estimate of drug-likeness (QED) is 0.827. The molecule has 0 bridgehead atoms. The van der Waals surface area contributed by atoms with Crippen LogP contribution in [0.25, 0.3) is 0 Å². The Bertz CT molecular complexity index is 559. The number of hydrogen-bond donors (Lipinski definition) is 2. The van der Waals surface area contributed by atoms with E-state index in [1.165, 1.54) is 0 Å². The van der Waals surface area contributed by atoms with E-state index in [9.17, 15) is 0 Å². The average molecular weight is 261 g/mol. The maximum Gasteiger partial charge on any atom is 0.143 e. The van der Waals surface area contributed by atoms with E-state index in [1.54, 1.807) is 7.11 Å². The van der Waals surface area contributed by atoms with Crippen LogP contribution in [-0.2, 0) is 0 Å². The molecule has 5 heteroatoms. The number of nitrogens with two attached hydrogens (primary N) is 1. The number of nitrogens with zero attached hydrogens (tertiary/aromatic N) is 1. The van der Waals surface area contributed by atoms with Crippen LogP contribution in [-0.4, -0.2) is 12.3 Å². The first kappa shape index (κ1) is 13.3. The molecule has 1 atom stereocenters. The molecule has 1 unspecified atom stereocenters. The number of methoxy groups -OCH3 is 1. The Labute approximate surface area is 112 Å². The molecule has 0 aliphatic heterocycles. The van der Waals surface area contributed by atoms with Crippen LogP contribution >= 0.6 is 0 Å². The molecule has 0 saturated carbocycles. The fraction of sp³-hybridized carbons (Fsp3) is 0.357. The van der Waals surface area contributed by atoms with E-state index in [1.807, 2.05) is 32.0 Å².